The number of halogens is 4. The lowest BCUT2D eigenvalue weighted by molar-refractivity contribution is -0.276. The number of hydrogen-bond acceptors (Lipinski definition) is 4. The lowest BCUT2D eigenvalue weighted by Crippen LogP contribution is -2.19. The Bertz CT molecular complexity index is 454. The minimum Gasteiger partial charge on any atom is -0.466 e. The normalized spacial score (nSPS) is 11.3. The summed E-state index contributed by atoms with van der Waals surface area (Å²) in [5, 5.41) is 0. The summed E-state index contributed by atoms with van der Waals surface area (Å²) in [7, 11) is 0. The quantitative estimate of drug-likeness (QED) is 0.587. The lowest BCUT2D eigenvalue weighted by Gasteiger charge is -2.12. The van der Waals surface area contributed by atoms with Gasteiger partial charge in [0, 0.05) is 15.3 Å². The van der Waals surface area contributed by atoms with Gasteiger partial charge in [-0.2, -0.15) is 0 Å². The Morgan fingerprint density at radius 3 is 2.58 bits per heavy atom. The van der Waals surface area contributed by atoms with Crippen LogP contribution < -0.4 is 4.74 Å². The molecule has 8 heteroatoms. The van der Waals surface area contributed by atoms with Crippen molar-refractivity contribution in [1.29, 1.82) is 0 Å². The van der Waals surface area contributed by atoms with E-state index >= 15 is 0 Å². The van der Waals surface area contributed by atoms with Crippen LogP contribution in [0.1, 0.15) is 18.2 Å². The van der Waals surface area contributed by atoms with E-state index in [1.165, 1.54) is 6.92 Å². The molecule has 1 aromatic heterocycles. The van der Waals surface area contributed by atoms with Crippen LogP contribution >= 0.6 is 22.6 Å². The Labute approximate surface area is 121 Å². The summed E-state index contributed by atoms with van der Waals surface area (Å²) in [5.74, 6) is -0.989. The molecule has 0 aliphatic carbocycles. The number of nitrogens with zero attached hydrogens (tertiary/aromatic N) is 1. The molecule has 1 rings (SSSR count). The van der Waals surface area contributed by atoms with Crippen molar-refractivity contribution in [3.8, 4) is 5.88 Å². The van der Waals surface area contributed by atoms with Crippen molar-refractivity contribution in [2.24, 2.45) is 0 Å². The SMILES string of the molecule is CCOC(=O)Cc1c(I)cc(OC(F)(F)F)nc1C. The van der Waals surface area contributed by atoms with E-state index in [4.69, 9.17) is 4.74 Å². The van der Waals surface area contributed by atoms with Gasteiger partial charge in [0.1, 0.15) is 0 Å². The van der Waals surface area contributed by atoms with Crippen molar-refractivity contribution in [3.05, 3.63) is 20.9 Å². The molecule has 1 heterocycles. The van der Waals surface area contributed by atoms with E-state index in [9.17, 15) is 18.0 Å². The van der Waals surface area contributed by atoms with Gasteiger partial charge in [0.2, 0.25) is 5.88 Å². The van der Waals surface area contributed by atoms with E-state index in [-0.39, 0.29) is 13.0 Å². The maximum Gasteiger partial charge on any atom is 0.574 e. The van der Waals surface area contributed by atoms with Crippen LogP contribution in [0.4, 0.5) is 13.2 Å². The summed E-state index contributed by atoms with van der Waals surface area (Å²) in [6.45, 7) is 3.44. The van der Waals surface area contributed by atoms with Gasteiger partial charge in [0.05, 0.1) is 13.0 Å². The zero-order valence-corrected chi connectivity index (χ0v) is 12.3. The first kappa shape index (κ1) is 16.0. The fourth-order valence-corrected chi connectivity index (χ4v) is 2.22. The van der Waals surface area contributed by atoms with Crippen LogP contribution in [-0.2, 0) is 16.0 Å². The molecule has 0 saturated heterocycles. The molecule has 0 atom stereocenters. The summed E-state index contributed by atoms with van der Waals surface area (Å²) < 4.78 is 45.2. The fraction of sp³-hybridized carbons (Fsp3) is 0.455. The van der Waals surface area contributed by atoms with Crippen molar-refractivity contribution in [2.45, 2.75) is 26.6 Å². The third-order valence-electron chi connectivity index (χ3n) is 2.10. The number of aromatic nitrogens is 1. The summed E-state index contributed by atoms with van der Waals surface area (Å²) in [6, 6.07) is 1.13. The molecular formula is C11H11F3INO3. The van der Waals surface area contributed by atoms with Crippen LogP contribution in [0.5, 0.6) is 5.88 Å². The largest absolute Gasteiger partial charge is 0.574 e. The van der Waals surface area contributed by atoms with E-state index in [1.807, 2.05) is 22.6 Å². The molecule has 0 unspecified atom stereocenters. The van der Waals surface area contributed by atoms with Crippen molar-refractivity contribution in [1.82, 2.24) is 4.98 Å². The van der Waals surface area contributed by atoms with Gasteiger partial charge < -0.3 is 9.47 Å². The first-order valence-corrected chi connectivity index (χ1v) is 6.38. The van der Waals surface area contributed by atoms with Crippen LogP contribution in [0.15, 0.2) is 6.07 Å². The van der Waals surface area contributed by atoms with Crippen LogP contribution in [0.2, 0.25) is 0 Å². The standard InChI is InChI=1S/C11H11F3INO3/c1-3-18-10(17)4-7-6(2)16-9(5-8(7)15)19-11(12,13)14/h5H,3-4H2,1-2H3. The lowest BCUT2D eigenvalue weighted by atomic mass is 10.1. The number of alkyl halides is 3. The minimum absolute atomic E-state index is 0.0305. The topological polar surface area (TPSA) is 48.4 Å². The van der Waals surface area contributed by atoms with E-state index in [1.54, 1.807) is 6.92 Å². The highest BCUT2D eigenvalue weighted by atomic mass is 127. The highest BCUT2D eigenvalue weighted by molar-refractivity contribution is 14.1. The van der Waals surface area contributed by atoms with Gasteiger partial charge in [-0.05, 0) is 42.0 Å². The first-order chi connectivity index (χ1) is 8.73. The maximum absolute atomic E-state index is 12.1. The number of ether oxygens (including phenoxy) is 2. The summed E-state index contributed by atoms with van der Waals surface area (Å²) >= 11 is 1.83. The molecule has 0 saturated carbocycles. The van der Waals surface area contributed by atoms with Gasteiger partial charge in [-0.25, -0.2) is 4.98 Å². The van der Waals surface area contributed by atoms with E-state index in [2.05, 4.69) is 9.72 Å². The number of hydrogen-bond donors (Lipinski definition) is 0. The molecule has 0 aliphatic heterocycles. The molecule has 0 amide bonds. The number of carbonyl (C=O) groups excluding carboxylic acids is 1. The number of esters is 1. The number of pyridine rings is 1. The molecule has 0 fully saturated rings. The second-order valence-electron chi connectivity index (χ2n) is 3.54. The maximum atomic E-state index is 12.1. The van der Waals surface area contributed by atoms with E-state index < -0.39 is 18.2 Å². The fourth-order valence-electron chi connectivity index (χ4n) is 1.37. The third kappa shape index (κ3) is 5.21. The van der Waals surface area contributed by atoms with E-state index in [0.29, 0.717) is 14.8 Å². The monoisotopic (exact) mass is 389 g/mol. The zero-order valence-electron chi connectivity index (χ0n) is 10.2. The Kier molecular flexibility index (Phi) is 5.39. The third-order valence-corrected chi connectivity index (χ3v) is 3.06. The Balaban J connectivity index is 2.94. The predicted octanol–water partition coefficient (Wildman–Crippen LogP) is 3.00. The van der Waals surface area contributed by atoms with Gasteiger partial charge in [-0.3, -0.25) is 4.79 Å². The van der Waals surface area contributed by atoms with Crippen LogP contribution in [0.25, 0.3) is 0 Å². The first-order valence-electron chi connectivity index (χ1n) is 5.30. The van der Waals surface area contributed by atoms with Gasteiger partial charge >= 0.3 is 12.3 Å². The Morgan fingerprint density at radius 2 is 2.11 bits per heavy atom. The van der Waals surface area contributed by atoms with Gasteiger partial charge in [0.15, 0.2) is 0 Å². The summed E-state index contributed by atoms with van der Waals surface area (Å²) in [5.41, 5.74) is 0.841. The number of aryl methyl sites for hydroxylation is 1. The van der Waals surface area contributed by atoms with Gasteiger partial charge in [0.25, 0.3) is 0 Å². The Hall–Kier alpha value is -1.06. The highest BCUT2D eigenvalue weighted by Gasteiger charge is 2.32. The van der Waals surface area contributed by atoms with Crippen LogP contribution in [-0.4, -0.2) is 23.9 Å². The van der Waals surface area contributed by atoms with Gasteiger partial charge in [-0.1, -0.05) is 0 Å². The molecule has 106 valence electrons. The molecule has 0 radical (unpaired) electrons. The molecular weight excluding hydrogens is 378 g/mol. The molecule has 19 heavy (non-hydrogen) atoms. The van der Waals surface area contributed by atoms with Crippen LogP contribution in [0, 0.1) is 10.5 Å². The summed E-state index contributed by atoms with van der Waals surface area (Å²) in [4.78, 5) is 15.0. The molecule has 0 spiro atoms. The zero-order chi connectivity index (χ0) is 14.6. The van der Waals surface area contributed by atoms with Gasteiger partial charge in [-0.15, -0.1) is 13.2 Å². The van der Waals surface area contributed by atoms with Crippen molar-refractivity contribution in [2.75, 3.05) is 6.61 Å². The molecule has 0 bridgehead atoms. The molecule has 0 N–H and O–H groups in total. The molecule has 1 aromatic rings. The Morgan fingerprint density at radius 1 is 1.47 bits per heavy atom. The number of carbonyl (C=O) groups is 1. The number of rotatable bonds is 4. The van der Waals surface area contributed by atoms with E-state index in [0.717, 1.165) is 6.07 Å². The second kappa shape index (κ2) is 6.40. The average Bonchev–Trinajstić information content (AvgIpc) is 2.21. The average molecular weight is 389 g/mol. The van der Waals surface area contributed by atoms with Crippen molar-refractivity contribution < 1.29 is 27.4 Å². The van der Waals surface area contributed by atoms with Crippen molar-refractivity contribution >= 4 is 28.6 Å². The smallest absolute Gasteiger partial charge is 0.466 e. The molecule has 0 aliphatic rings. The molecule has 0 aromatic carbocycles. The second-order valence-corrected chi connectivity index (χ2v) is 4.70. The highest BCUT2D eigenvalue weighted by Crippen LogP contribution is 2.26. The summed E-state index contributed by atoms with van der Waals surface area (Å²) in [6.07, 6.45) is -4.82. The van der Waals surface area contributed by atoms with Crippen LogP contribution in [0.3, 0.4) is 0 Å². The predicted molar refractivity (Wildman–Crippen MR) is 68.7 cm³/mol. The minimum atomic E-state index is -4.79. The molecule has 4 nitrogen and oxygen atoms in total. The van der Waals surface area contributed by atoms with Crippen molar-refractivity contribution in [3.63, 3.8) is 0 Å².